The standard InChI is InChI=1S/C18H23FN4O2S/c1-12-23-16(10-26-12)4-6-22-18(20-2)21-5-3-13-7-15(19)8-14-9-24-11-25-17(13)14/h7-8,10H,3-6,9,11H2,1-2H3,(H2,20,21,22). The van der Waals surface area contributed by atoms with Gasteiger partial charge in [0.15, 0.2) is 12.8 Å². The molecule has 0 fully saturated rings. The summed E-state index contributed by atoms with van der Waals surface area (Å²) in [7, 11) is 1.73. The van der Waals surface area contributed by atoms with Gasteiger partial charge in [-0.3, -0.25) is 4.99 Å². The molecule has 1 aliphatic rings. The molecule has 140 valence electrons. The Morgan fingerprint density at radius 3 is 2.85 bits per heavy atom. The molecule has 0 radical (unpaired) electrons. The molecule has 3 rings (SSSR count). The summed E-state index contributed by atoms with van der Waals surface area (Å²) in [6.45, 7) is 3.96. The van der Waals surface area contributed by atoms with E-state index in [9.17, 15) is 4.39 Å². The molecule has 8 heteroatoms. The Bertz CT molecular complexity index is 779. The van der Waals surface area contributed by atoms with Gasteiger partial charge in [-0.2, -0.15) is 0 Å². The number of fused-ring (bicyclic) bond motifs is 1. The van der Waals surface area contributed by atoms with Crippen molar-refractivity contribution in [2.24, 2.45) is 4.99 Å². The monoisotopic (exact) mass is 378 g/mol. The Kier molecular flexibility index (Phi) is 6.40. The van der Waals surface area contributed by atoms with Crippen molar-refractivity contribution < 1.29 is 13.9 Å². The third kappa shape index (κ3) is 4.92. The number of aryl methyl sites for hydroxylation is 1. The fourth-order valence-electron chi connectivity index (χ4n) is 2.81. The average Bonchev–Trinajstić information content (AvgIpc) is 3.05. The number of nitrogens with zero attached hydrogens (tertiary/aromatic N) is 2. The molecule has 2 heterocycles. The Morgan fingerprint density at radius 2 is 2.12 bits per heavy atom. The van der Waals surface area contributed by atoms with Crippen LogP contribution in [0, 0.1) is 12.7 Å². The molecule has 1 aliphatic heterocycles. The molecule has 0 saturated carbocycles. The van der Waals surface area contributed by atoms with Gasteiger partial charge in [0.25, 0.3) is 0 Å². The molecular weight excluding hydrogens is 355 g/mol. The lowest BCUT2D eigenvalue weighted by atomic mass is 10.1. The van der Waals surface area contributed by atoms with Gasteiger partial charge in [0.1, 0.15) is 11.6 Å². The molecule has 1 aromatic carbocycles. The minimum absolute atomic E-state index is 0.207. The summed E-state index contributed by atoms with van der Waals surface area (Å²) in [6, 6.07) is 2.98. The van der Waals surface area contributed by atoms with Gasteiger partial charge in [0, 0.05) is 37.5 Å². The van der Waals surface area contributed by atoms with E-state index in [-0.39, 0.29) is 12.6 Å². The minimum atomic E-state index is -0.270. The highest BCUT2D eigenvalue weighted by atomic mass is 32.1. The molecule has 2 aromatic rings. The van der Waals surface area contributed by atoms with Gasteiger partial charge >= 0.3 is 0 Å². The quantitative estimate of drug-likeness (QED) is 0.597. The Balaban J connectivity index is 1.48. The summed E-state index contributed by atoms with van der Waals surface area (Å²) in [4.78, 5) is 8.65. The van der Waals surface area contributed by atoms with E-state index >= 15 is 0 Å². The van der Waals surface area contributed by atoms with Crippen molar-refractivity contribution in [3.05, 3.63) is 45.2 Å². The highest BCUT2D eigenvalue weighted by Crippen LogP contribution is 2.29. The Hall–Kier alpha value is -2.19. The predicted molar refractivity (Wildman–Crippen MR) is 100 cm³/mol. The van der Waals surface area contributed by atoms with Crippen molar-refractivity contribution >= 4 is 17.3 Å². The van der Waals surface area contributed by atoms with Crippen LogP contribution in [0.4, 0.5) is 4.39 Å². The lowest BCUT2D eigenvalue weighted by Crippen LogP contribution is -2.39. The zero-order valence-electron chi connectivity index (χ0n) is 15.0. The van der Waals surface area contributed by atoms with Crippen LogP contribution >= 0.6 is 11.3 Å². The second-order valence-electron chi connectivity index (χ2n) is 5.95. The number of guanidine groups is 1. The van der Waals surface area contributed by atoms with E-state index in [1.165, 1.54) is 12.1 Å². The lowest BCUT2D eigenvalue weighted by molar-refractivity contribution is -0.0172. The molecule has 2 N–H and O–H groups in total. The first-order chi connectivity index (χ1) is 12.7. The molecular formula is C18H23FN4O2S. The molecule has 0 bridgehead atoms. The maximum Gasteiger partial charge on any atom is 0.190 e. The predicted octanol–water partition coefficient (Wildman–Crippen LogP) is 2.41. The Labute approximate surface area is 156 Å². The normalized spacial score (nSPS) is 13.9. The van der Waals surface area contributed by atoms with Gasteiger partial charge in [0.2, 0.25) is 0 Å². The van der Waals surface area contributed by atoms with Crippen molar-refractivity contribution in [3.63, 3.8) is 0 Å². The van der Waals surface area contributed by atoms with E-state index in [0.717, 1.165) is 40.5 Å². The highest BCUT2D eigenvalue weighted by Gasteiger charge is 2.16. The van der Waals surface area contributed by atoms with Crippen molar-refractivity contribution in [1.29, 1.82) is 0 Å². The fourth-order valence-corrected chi connectivity index (χ4v) is 3.46. The number of aliphatic imine (C=N–C) groups is 1. The first-order valence-corrected chi connectivity index (χ1v) is 9.41. The van der Waals surface area contributed by atoms with Gasteiger partial charge in [-0.25, -0.2) is 9.37 Å². The molecule has 0 amide bonds. The van der Waals surface area contributed by atoms with Crippen molar-refractivity contribution in [2.45, 2.75) is 26.4 Å². The zero-order valence-corrected chi connectivity index (χ0v) is 15.8. The second-order valence-corrected chi connectivity index (χ2v) is 7.01. The zero-order chi connectivity index (χ0) is 18.4. The molecule has 0 aliphatic carbocycles. The lowest BCUT2D eigenvalue weighted by Gasteiger charge is -2.21. The van der Waals surface area contributed by atoms with Crippen LogP contribution in [0.5, 0.6) is 5.75 Å². The van der Waals surface area contributed by atoms with E-state index in [1.807, 2.05) is 6.92 Å². The van der Waals surface area contributed by atoms with Crippen LogP contribution in [0.1, 0.15) is 21.8 Å². The number of halogens is 1. The smallest absolute Gasteiger partial charge is 0.190 e. The summed E-state index contributed by atoms with van der Waals surface area (Å²) in [5.74, 6) is 1.18. The molecule has 1 aromatic heterocycles. The van der Waals surface area contributed by atoms with Gasteiger partial charge < -0.3 is 20.1 Å². The maximum absolute atomic E-state index is 13.8. The second kappa shape index (κ2) is 8.95. The number of nitrogens with one attached hydrogen (secondary N) is 2. The maximum atomic E-state index is 13.8. The molecule has 0 atom stereocenters. The van der Waals surface area contributed by atoms with Crippen molar-refractivity contribution in [3.8, 4) is 5.75 Å². The van der Waals surface area contributed by atoms with Gasteiger partial charge in [0.05, 0.1) is 17.3 Å². The van der Waals surface area contributed by atoms with Gasteiger partial charge in [-0.1, -0.05) is 0 Å². The number of hydrogen-bond acceptors (Lipinski definition) is 5. The SMILES string of the molecule is CN=C(NCCc1csc(C)n1)NCCc1cc(F)cc2c1OCOC2. The van der Waals surface area contributed by atoms with Crippen LogP contribution in [-0.2, 0) is 24.2 Å². The van der Waals surface area contributed by atoms with E-state index < -0.39 is 0 Å². The number of benzene rings is 1. The summed E-state index contributed by atoms with van der Waals surface area (Å²) >= 11 is 1.66. The summed E-state index contributed by atoms with van der Waals surface area (Å²) in [6.07, 6.45) is 1.47. The summed E-state index contributed by atoms with van der Waals surface area (Å²) in [5, 5.41) is 9.66. The molecule has 6 nitrogen and oxygen atoms in total. The molecule has 0 spiro atoms. The number of ether oxygens (including phenoxy) is 2. The van der Waals surface area contributed by atoms with Gasteiger partial charge in [-0.05, 0) is 31.0 Å². The number of thiazole rings is 1. The number of aromatic nitrogens is 1. The van der Waals surface area contributed by atoms with E-state index in [0.29, 0.717) is 25.5 Å². The van der Waals surface area contributed by atoms with Crippen LogP contribution in [-0.4, -0.2) is 37.9 Å². The van der Waals surface area contributed by atoms with Crippen LogP contribution in [0.25, 0.3) is 0 Å². The molecule has 0 saturated heterocycles. The van der Waals surface area contributed by atoms with Crippen LogP contribution < -0.4 is 15.4 Å². The van der Waals surface area contributed by atoms with E-state index in [2.05, 4.69) is 26.0 Å². The number of hydrogen-bond donors (Lipinski definition) is 2. The van der Waals surface area contributed by atoms with E-state index in [4.69, 9.17) is 9.47 Å². The first-order valence-electron chi connectivity index (χ1n) is 8.53. The summed E-state index contributed by atoms with van der Waals surface area (Å²) in [5.41, 5.74) is 2.68. The topological polar surface area (TPSA) is 67.8 Å². The van der Waals surface area contributed by atoms with Crippen LogP contribution in [0.15, 0.2) is 22.5 Å². The van der Waals surface area contributed by atoms with Crippen molar-refractivity contribution in [1.82, 2.24) is 15.6 Å². The van der Waals surface area contributed by atoms with E-state index in [1.54, 1.807) is 18.4 Å². The molecule has 0 unspecified atom stereocenters. The number of rotatable bonds is 6. The molecule has 26 heavy (non-hydrogen) atoms. The first kappa shape index (κ1) is 18.6. The highest BCUT2D eigenvalue weighted by molar-refractivity contribution is 7.09. The van der Waals surface area contributed by atoms with Crippen LogP contribution in [0.2, 0.25) is 0 Å². The summed E-state index contributed by atoms with van der Waals surface area (Å²) < 4.78 is 24.5. The Morgan fingerprint density at radius 1 is 1.31 bits per heavy atom. The van der Waals surface area contributed by atoms with Gasteiger partial charge in [-0.15, -0.1) is 11.3 Å². The largest absolute Gasteiger partial charge is 0.467 e. The van der Waals surface area contributed by atoms with Crippen molar-refractivity contribution in [2.75, 3.05) is 26.9 Å². The third-order valence-corrected chi connectivity index (χ3v) is 4.82. The average molecular weight is 378 g/mol. The minimum Gasteiger partial charge on any atom is -0.467 e. The van der Waals surface area contributed by atoms with Crippen LogP contribution in [0.3, 0.4) is 0 Å². The third-order valence-electron chi connectivity index (χ3n) is 4.00. The fraction of sp³-hybridized carbons (Fsp3) is 0.444.